The van der Waals surface area contributed by atoms with Crippen LogP contribution in [0.4, 0.5) is 11.4 Å². The van der Waals surface area contributed by atoms with Crippen molar-refractivity contribution in [2.24, 2.45) is 0 Å². The fourth-order valence-corrected chi connectivity index (χ4v) is 3.17. The number of hydrogen-bond donors (Lipinski definition) is 2. The summed E-state index contributed by atoms with van der Waals surface area (Å²) >= 11 is 5.83. The number of benzene rings is 2. The van der Waals surface area contributed by atoms with Gasteiger partial charge < -0.3 is 5.73 Å². The van der Waals surface area contributed by atoms with Crippen molar-refractivity contribution in [2.75, 3.05) is 10.5 Å². The lowest BCUT2D eigenvalue weighted by molar-refractivity contribution is 0.601. The number of rotatable bonds is 3. The maximum atomic E-state index is 12.4. The zero-order valence-electron chi connectivity index (χ0n) is 11.1. The topological polar surface area (TPSA) is 96.0 Å². The second kappa shape index (κ2) is 5.64. The first-order chi connectivity index (χ1) is 9.83. The van der Waals surface area contributed by atoms with Gasteiger partial charge in [-0.15, -0.1) is 0 Å². The van der Waals surface area contributed by atoms with Crippen molar-refractivity contribution in [3.05, 3.63) is 52.5 Å². The van der Waals surface area contributed by atoms with Crippen molar-refractivity contribution in [2.45, 2.75) is 11.8 Å². The molecule has 2 rings (SSSR count). The van der Waals surface area contributed by atoms with Gasteiger partial charge in [-0.3, -0.25) is 4.72 Å². The van der Waals surface area contributed by atoms with E-state index in [1.54, 1.807) is 12.1 Å². The number of anilines is 2. The second-order valence-electron chi connectivity index (χ2n) is 4.45. The fourth-order valence-electron chi connectivity index (χ4n) is 1.81. The molecule has 3 N–H and O–H groups in total. The highest BCUT2D eigenvalue weighted by molar-refractivity contribution is 7.92. The highest BCUT2D eigenvalue weighted by atomic mass is 35.5. The van der Waals surface area contributed by atoms with Gasteiger partial charge in [0.2, 0.25) is 0 Å². The van der Waals surface area contributed by atoms with E-state index >= 15 is 0 Å². The Balaban J connectivity index is 2.47. The van der Waals surface area contributed by atoms with Crippen LogP contribution < -0.4 is 10.5 Å². The summed E-state index contributed by atoms with van der Waals surface area (Å²) in [6.07, 6.45) is 0. The van der Waals surface area contributed by atoms with Gasteiger partial charge in [0.1, 0.15) is 11.0 Å². The van der Waals surface area contributed by atoms with Gasteiger partial charge in [0.05, 0.1) is 16.9 Å². The molecule has 0 aliphatic rings. The molecule has 0 aromatic heterocycles. The van der Waals surface area contributed by atoms with Crippen LogP contribution in [-0.2, 0) is 10.0 Å². The van der Waals surface area contributed by atoms with Crippen LogP contribution in [0, 0.1) is 18.3 Å². The molecular weight excluding hydrogens is 310 g/mol. The van der Waals surface area contributed by atoms with Crippen LogP contribution in [0.1, 0.15) is 11.1 Å². The van der Waals surface area contributed by atoms with Crippen LogP contribution in [0.25, 0.3) is 0 Å². The largest absolute Gasteiger partial charge is 0.398 e. The summed E-state index contributed by atoms with van der Waals surface area (Å²) in [5, 5.41) is 9.34. The molecule has 0 saturated carbocycles. The third-order valence-corrected chi connectivity index (χ3v) is 4.48. The van der Waals surface area contributed by atoms with Crippen LogP contribution in [0.15, 0.2) is 41.3 Å². The van der Waals surface area contributed by atoms with Crippen molar-refractivity contribution in [3.8, 4) is 6.07 Å². The Hall–Kier alpha value is -2.23. The number of nitrogen functional groups attached to an aromatic ring is 1. The Morgan fingerprint density at radius 3 is 2.57 bits per heavy atom. The fraction of sp³-hybridized carbons (Fsp3) is 0.0714. The Morgan fingerprint density at radius 2 is 1.95 bits per heavy atom. The summed E-state index contributed by atoms with van der Waals surface area (Å²) in [4.78, 5) is -0.0445. The van der Waals surface area contributed by atoms with E-state index in [-0.39, 0.29) is 21.8 Å². The van der Waals surface area contributed by atoms with Gasteiger partial charge in [-0.05, 0) is 42.8 Å². The van der Waals surface area contributed by atoms with Crippen LogP contribution in [0.3, 0.4) is 0 Å². The minimum Gasteiger partial charge on any atom is -0.398 e. The molecule has 5 nitrogen and oxygen atoms in total. The van der Waals surface area contributed by atoms with Gasteiger partial charge in [-0.2, -0.15) is 5.26 Å². The molecule has 0 unspecified atom stereocenters. The molecule has 0 fully saturated rings. The molecule has 0 amide bonds. The summed E-state index contributed by atoms with van der Waals surface area (Å²) in [7, 11) is -3.89. The third kappa shape index (κ3) is 3.27. The van der Waals surface area contributed by atoms with Gasteiger partial charge in [0, 0.05) is 5.02 Å². The van der Waals surface area contributed by atoms with Crippen molar-refractivity contribution >= 4 is 33.0 Å². The Kier molecular flexibility index (Phi) is 4.07. The molecule has 0 atom stereocenters. The first-order valence-corrected chi connectivity index (χ1v) is 7.78. The summed E-state index contributed by atoms with van der Waals surface area (Å²) < 4.78 is 27.1. The molecule has 108 valence electrons. The summed E-state index contributed by atoms with van der Waals surface area (Å²) in [6.45, 7) is 1.81. The molecule has 0 spiro atoms. The van der Waals surface area contributed by atoms with E-state index in [4.69, 9.17) is 22.6 Å². The number of nitrogens with two attached hydrogens (primary N) is 1. The molecule has 0 saturated heterocycles. The monoisotopic (exact) mass is 321 g/mol. The van der Waals surface area contributed by atoms with Crippen LogP contribution in [0.2, 0.25) is 5.02 Å². The SMILES string of the molecule is Cc1ccc(S(=O)(=O)Nc2cc(Cl)ccc2C#N)c(N)c1. The van der Waals surface area contributed by atoms with Gasteiger partial charge in [-0.1, -0.05) is 17.7 Å². The van der Waals surface area contributed by atoms with E-state index in [2.05, 4.69) is 4.72 Å². The first kappa shape index (κ1) is 15.2. The van der Waals surface area contributed by atoms with Crippen molar-refractivity contribution in [1.29, 1.82) is 5.26 Å². The Labute approximate surface area is 128 Å². The number of aryl methyl sites for hydroxylation is 1. The normalized spacial score (nSPS) is 10.9. The van der Waals surface area contributed by atoms with Gasteiger partial charge in [0.25, 0.3) is 10.0 Å². The first-order valence-electron chi connectivity index (χ1n) is 5.92. The smallest absolute Gasteiger partial charge is 0.263 e. The Morgan fingerprint density at radius 1 is 1.24 bits per heavy atom. The minimum absolute atomic E-state index is 0.0445. The highest BCUT2D eigenvalue weighted by Gasteiger charge is 2.19. The zero-order valence-corrected chi connectivity index (χ0v) is 12.7. The lowest BCUT2D eigenvalue weighted by Gasteiger charge is -2.12. The van der Waals surface area contributed by atoms with Crippen LogP contribution in [0.5, 0.6) is 0 Å². The van der Waals surface area contributed by atoms with Gasteiger partial charge in [0.15, 0.2) is 0 Å². The molecule has 0 aliphatic carbocycles. The van der Waals surface area contributed by atoms with E-state index in [9.17, 15) is 8.42 Å². The van der Waals surface area contributed by atoms with Crippen LogP contribution >= 0.6 is 11.6 Å². The summed E-state index contributed by atoms with van der Waals surface area (Å²) in [5.74, 6) is 0. The third-order valence-electron chi connectivity index (χ3n) is 2.80. The lowest BCUT2D eigenvalue weighted by atomic mass is 10.2. The van der Waals surface area contributed by atoms with E-state index in [1.807, 2.05) is 13.0 Å². The maximum Gasteiger partial charge on any atom is 0.263 e. The molecular formula is C14H12ClN3O2S. The van der Waals surface area contributed by atoms with Crippen LogP contribution in [-0.4, -0.2) is 8.42 Å². The number of halogens is 1. The minimum atomic E-state index is -3.89. The summed E-state index contributed by atoms with van der Waals surface area (Å²) in [6, 6.07) is 10.9. The lowest BCUT2D eigenvalue weighted by Crippen LogP contribution is -2.15. The van der Waals surface area contributed by atoms with Gasteiger partial charge >= 0.3 is 0 Å². The average molecular weight is 322 g/mol. The predicted octanol–water partition coefficient (Wildman–Crippen LogP) is 2.90. The number of nitriles is 1. The highest BCUT2D eigenvalue weighted by Crippen LogP contribution is 2.26. The van der Waals surface area contributed by atoms with E-state index in [0.717, 1.165) is 5.56 Å². The molecule has 2 aromatic rings. The van der Waals surface area contributed by atoms with E-state index < -0.39 is 10.0 Å². The molecule has 0 heterocycles. The summed E-state index contributed by atoms with van der Waals surface area (Å²) in [5.41, 5.74) is 7.04. The molecule has 0 radical (unpaired) electrons. The quantitative estimate of drug-likeness (QED) is 0.849. The molecule has 7 heteroatoms. The standard InChI is InChI=1S/C14H12ClN3O2S/c1-9-2-5-14(12(17)6-9)21(19,20)18-13-7-11(15)4-3-10(13)8-16/h2-7,18H,17H2,1H3. The van der Waals surface area contributed by atoms with Crippen molar-refractivity contribution < 1.29 is 8.42 Å². The molecule has 0 bridgehead atoms. The van der Waals surface area contributed by atoms with E-state index in [1.165, 1.54) is 24.3 Å². The van der Waals surface area contributed by atoms with E-state index in [0.29, 0.717) is 5.02 Å². The van der Waals surface area contributed by atoms with Crippen molar-refractivity contribution in [1.82, 2.24) is 0 Å². The average Bonchev–Trinajstić information content (AvgIpc) is 2.37. The maximum absolute atomic E-state index is 12.4. The zero-order chi connectivity index (χ0) is 15.6. The number of hydrogen-bond acceptors (Lipinski definition) is 4. The predicted molar refractivity (Wildman–Crippen MR) is 82.6 cm³/mol. The molecule has 21 heavy (non-hydrogen) atoms. The Bertz CT molecular complexity index is 842. The molecule has 2 aromatic carbocycles. The second-order valence-corrected chi connectivity index (χ2v) is 6.54. The van der Waals surface area contributed by atoms with Crippen molar-refractivity contribution in [3.63, 3.8) is 0 Å². The number of sulfonamides is 1. The number of nitrogens with one attached hydrogen (secondary N) is 1. The molecule has 0 aliphatic heterocycles. The number of nitrogens with zero attached hydrogens (tertiary/aromatic N) is 1. The van der Waals surface area contributed by atoms with Gasteiger partial charge in [-0.25, -0.2) is 8.42 Å².